The van der Waals surface area contributed by atoms with Gasteiger partial charge in [0.2, 0.25) is 0 Å². The van der Waals surface area contributed by atoms with Crippen molar-refractivity contribution in [2.24, 2.45) is 5.92 Å². The maximum atomic E-state index is 11.6. The van der Waals surface area contributed by atoms with Crippen molar-refractivity contribution in [3.05, 3.63) is 11.8 Å². The number of rotatable bonds is 3. The Bertz CT molecular complexity index is 244. The largest absolute Gasteiger partial charge is 0.498 e. The molecule has 1 aliphatic rings. The number of allylic oxidation sites excluding steroid dienone is 1. The Morgan fingerprint density at radius 1 is 1.47 bits per heavy atom. The van der Waals surface area contributed by atoms with E-state index in [1.165, 1.54) is 12.0 Å². The molecule has 1 fully saturated rings. The van der Waals surface area contributed by atoms with Crippen LogP contribution in [0.3, 0.4) is 0 Å². The van der Waals surface area contributed by atoms with E-state index in [1.807, 2.05) is 20.1 Å². The zero-order chi connectivity index (χ0) is 11.3. The summed E-state index contributed by atoms with van der Waals surface area (Å²) in [5.41, 5.74) is 1.18. The van der Waals surface area contributed by atoms with Crippen molar-refractivity contribution < 1.29 is 8.95 Å². The first-order valence-corrected chi connectivity index (χ1v) is 7.22. The van der Waals surface area contributed by atoms with Crippen molar-refractivity contribution in [3.63, 3.8) is 0 Å². The van der Waals surface area contributed by atoms with E-state index >= 15 is 0 Å². The molecule has 88 valence electrons. The van der Waals surface area contributed by atoms with Gasteiger partial charge in [0, 0.05) is 28.2 Å². The molecule has 0 aliphatic carbocycles. The van der Waals surface area contributed by atoms with Crippen LogP contribution in [0.25, 0.3) is 0 Å². The molecule has 0 aromatic rings. The molecule has 1 aliphatic heterocycles. The summed E-state index contributed by atoms with van der Waals surface area (Å²) < 4.78 is 17.2. The Balaban J connectivity index is 2.46. The first-order valence-electron chi connectivity index (χ1n) is 5.73. The van der Waals surface area contributed by atoms with Gasteiger partial charge in [0.15, 0.2) is 0 Å². The van der Waals surface area contributed by atoms with Crippen molar-refractivity contribution in [1.29, 1.82) is 0 Å². The lowest BCUT2D eigenvalue weighted by molar-refractivity contribution is 0.106. The number of ether oxygens (including phenoxy) is 1. The normalized spacial score (nSPS) is 29.0. The van der Waals surface area contributed by atoms with E-state index in [1.54, 1.807) is 0 Å². The third kappa shape index (κ3) is 4.83. The van der Waals surface area contributed by atoms with Gasteiger partial charge in [-0.05, 0) is 39.2 Å². The third-order valence-electron chi connectivity index (χ3n) is 2.78. The Morgan fingerprint density at radius 2 is 2.20 bits per heavy atom. The van der Waals surface area contributed by atoms with E-state index in [9.17, 15) is 4.21 Å². The van der Waals surface area contributed by atoms with E-state index in [0.717, 1.165) is 24.3 Å². The fraction of sp³-hybridized carbons (Fsp3) is 0.833. The summed E-state index contributed by atoms with van der Waals surface area (Å²) in [7, 11) is -0.623. The highest BCUT2D eigenvalue weighted by Gasteiger charge is 2.22. The van der Waals surface area contributed by atoms with Crippen LogP contribution in [-0.4, -0.2) is 21.8 Å². The molecule has 1 rings (SSSR count). The molecule has 1 heterocycles. The first-order chi connectivity index (χ1) is 7.09. The van der Waals surface area contributed by atoms with Crippen LogP contribution < -0.4 is 0 Å². The molecule has 0 amide bonds. The Labute approximate surface area is 95.5 Å². The lowest BCUT2D eigenvalue weighted by Crippen LogP contribution is -2.23. The minimum Gasteiger partial charge on any atom is -0.498 e. The maximum absolute atomic E-state index is 11.6. The minimum atomic E-state index is -0.623. The highest BCUT2D eigenvalue weighted by molar-refractivity contribution is 7.84. The highest BCUT2D eigenvalue weighted by atomic mass is 32.2. The fourth-order valence-electron chi connectivity index (χ4n) is 1.80. The summed E-state index contributed by atoms with van der Waals surface area (Å²) in [5.74, 6) is 2.16. The molecular weight excluding hydrogens is 208 g/mol. The van der Waals surface area contributed by atoms with Gasteiger partial charge >= 0.3 is 0 Å². The standard InChI is InChI=1S/C12H22O2S/c1-10(2)8-14-11(3)12-6-4-5-7-15(13)9-12/h8,11-12H,4-7,9H2,1-3H3. The molecule has 0 N–H and O–H groups in total. The topological polar surface area (TPSA) is 26.3 Å². The van der Waals surface area contributed by atoms with Gasteiger partial charge in [-0.15, -0.1) is 0 Å². The molecule has 3 unspecified atom stereocenters. The van der Waals surface area contributed by atoms with E-state index in [-0.39, 0.29) is 6.10 Å². The van der Waals surface area contributed by atoms with Gasteiger partial charge in [-0.1, -0.05) is 6.42 Å². The Kier molecular flexibility index (Phi) is 5.37. The van der Waals surface area contributed by atoms with Crippen LogP contribution in [0.4, 0.5) is 0 Å². The van der Waals surface area contributed by atoms with Gasteiger partial charge in [0.05, 0.1) is 12.4 Å². The molecule has 0 aromatic heterocycles. The summed E-state index contributed by atoms with van der Waals surface area (Å²) in [5, 5.41) is 0. The van der Waals surface area contributed by atoms with Crippen molar-refractivity contribution in [2.45, 2.75) is 46.1 Å². The monoisotopic (exact) mass is 230 g/mol. The van der Waals surface area contributed by atoms with E-state index in [0.29, 0.717) is 5.92 Å². The summed E-state index contributed by atoms with van der Waals surface area (Å²) in [6, 6.07) is 0. The van der Waals surface area contributed by atoms with Crippen LogP contribution in [0.15, 0.2) is 11.8 Å². The molecule has 1 saturated heterocycles. The molecule has 0 aromatic carbocycles. The SMILES string of the molecule is CC(C)=COC(C)C1CCCCS(=O)C1. The van der Waals surface area contributed by atoms with Crippen LogP contribution >= 0.6 is 0 Å². The first kappa shape index (κ1) is 12.8. The van der Waals surface area contributed by atoms with Crippen molar-refractivity contribution in [2.75, 3.05) is 11.5 Å². The van der Waals surface area contributed by atoms with Gasteiger partial charge in [0.1, 0.15) is 0 Å². The molecule has 15 heavy (non-hydrogen) atoms. The number of hydrogen-bond donors (Lipinski definition) is 0. The van der Waals surface area contributed by atoms with Gasteiger partial charge in [-0.3, -0.25) is 4.21 Å². The molecular formula is C12H22O2S. The maximum Gasteiger partial charge on any atom is 0.0987 e. The molecule has 0 radical (unpaired) electrons. The van der Waals surface area contributed by atoms with Crippen LogP contribution in [0.5, 0.6) is 0 Å². The van der Waals surface area contributed by atoms with Crippen LogP contribution in [0.2, 0.25) is 0 Å². The van der Waals surface area contributed by atoms with Crippen molar-refractivity contribution in [1.82, 2.24) is 0 Å². The van der Waals surface area contributed by atoms with Crippen molar-refractivity contribution in [3.8, 4) is 0 Å². The summed E-state index contributed by atoms with van der Waals surface area (Å²) in [4.78, 5) is 0. The summed E-state index contributed by atoms with van der Waals surface area (Å²) >= 11 is 0. The predicted molar refractivity (Wildman–Crippen MR) is 65.2 cm³/mol. The van der Waals surface area contributed by atoms with Crippen LogP contribution in [0.1, 0.15) is 40.0 Å². The smallest absolute Gasteiger partial charge is 0.0987 e. The average Bonchev–Trinajstić information content (AvgIpc) is 2.39. The van der Waals surface area contributed by atoms with Crippen molar-refractivity contribution >= 4 is 10.8 Å². The molecule has 0 saturated carbocycles. The van der Waals surface area contributed by atoms with Crippen LogP contribution in [-0.2, 0) is 15.5 Å². The summed E-state index contributed by atoms with van der Waals surface area (Å²) in [6.07, 6.45) is 5.47. The fourth-order valence-corrected chi connectivity index (χ4v) is 3.41. The zero-order valence-corrected chi connectivity index (χ0v) is 10.8. The lowest BCUT2D eigenvalue weighted by Gasteiger charge is -2.21. The van der Waals surface area contributed by atoms with E-state index in [4.69, 9.17) is 4.74 Å². The second-order valence-electron chi connectivity index (χ2n) is 4.60. The van der Waals surface area contributed by atoms with Crippen LogP contribution in [0, 0.1) is 5.92 Å². The zero-order valence-electron chi connectivity index (χ0n) is 9.99. The van der Waals surface area contributed by atoms with E-state index in [2.05, 4.69) is 6.92 Å². The Morgan fingerprint density at radius 3 is 2.87 bits per heavy atom. The predicted octanol–water partition coefficient (Wildman–Crippen LogP) is 2.86. The Hall–Kier alpha value is -0.310. The minimum absolute atomic E-state index is 0.196. The van der Waals surface area contributed by atoms with Gasteiger partial charge in [0.25, 0.3) is 0 Å². The average molecular weight is 230 g/mol. The summed E-state index contributed by atoms with van der Waals surface area (Å²) in [6.45, 7) is 6.14. The van der Waals surface area contributed by atoms with Gasteiger partial charge in [-0.2, -0.15) is 0 Å². The van der Waals surface area contributed by atoms with E-state index < -0.39 is 10.8 Å². The lowest BCUT2D eigenvalue weighted by atomic mass is 9.99. The molecule has 0 spiro atoms. The third-order valence-corrected chi connectivity index (χ3v) is 4.32. The quantitative estimate of drug-likeness (QED) is 0.697. The molecule has 3 atom stereocenters. The second kappa shape index (κ2) is 6.31. The highest BCUT2D eigenvalue weighted by Crippen LogP contribution is 2.21. The molecule has 0 bridgehead atoms. The number of hydrogen-bond acceptors (Lipinski definition) is 2. The van der Waals surface area contributed by atoms with Gasteiger partial charge < -0.3 is 4.74 Å². The molecule has 3 heteroatoms. The van der Waals surface area contributed by atoms with Gasteiger partial charge in [-0.25, -0.2) is 0 Å². The molecule has 2 nitrogen and oxygen atoms in total. The second-order valence-corrected chi connectivity index (χ2v) is 6.22.